The number of carboxylic acids is 1. The topological polar surface area (TPSA) is 37.3 Å². The first-order chi connectivity index (χ1) is 5.42. The third-order valence-electron chi connectivity index (χ3n) is 1.82. The molecule has 0 spiro atoms. The quantitative estimate of drug-likeness (QED) is 0.772. The summed E-state index contributed by atoms with van der Waals surface area (Å²) in [6.45, 7) is 6.64. The standard InChI is InChI=1S/C10H20O2.Y/c1-10(2,3)8-6-4-5-7-9(11)12;/h4-8H2,1-3H3,(H,11,12);. The van der Waals surface area contributed by atoms with Crippen LogP contribution in [-0.2, 0) is 37.5 Å². The molecule has 0 saturated heterocycles. The molecule has 0 aromatic heterocycles. The van der Waals surface area contributed by atoms with Gasteiger partial charge in [0.25, 0.3) is 0 Å². The van der Waals surface area contributed by atoms with Crippen LogP contribution in [0.15, 0.2) is 0 Å². The van der Waals surface area contributed by atoms with E-state index in [1.807, 2.05) is 0 Å². The largest absolute Gasteiger partial charge is 0.481 e. The number of hydrogen-bond acceptors (Lipinski definition) is 1. The number of unbranched alkanes of at least 4 members (excludes halogenated alkanes) is 2. The Kier molecular flexibility index (Phi) is 9.77. The Balaban J connectivity index is 0. The van der Waals surface area contributed by atoms with E-state index in [0.717, 1.165) is 19.3 Å². The van der Waals surface area contributed by atoms with Crippen LogP contribution in [-0.4, -0.2) is 11.1 Å². The number of carboxylic acid groups (broad SMARTS) is 1. The number of aliphatic carboxylic acids is 1. The van der Waals surface area contributed by atoms with Crippen LogP contribution in [0.1, 0.15) is 52.9 Å². The van der Waals surface area contributed by atoms with Crippen LogP contribution in [0.25, 0.3) is 0 Å². The first kappa shape index (κ1) is 16.0. The second kappa shape index (κ2) is 7.93. The van der Waals surface area contributed by atoms with Crippen molar-refractivity contribution >= 4 is 5.97 Å². The van der Waals surface area contributed by atoms with Gasteiger partial charge < -0.3 is 5.11 Å². The Hall–Kier alpha value is 0.574. The van der Waals surface area contributed by atoms with E-state index in [9.17, 15) is 4.79 Å². The monoisotopic (exact) mass is 261 g/mol. The van der Waals surface area contributed by atoms with Crippen LogP contribution in [0.3, 0.4) is 0 Å². The fraction of sp³-hybridized carbons (Fsp3) is 0.900. The van der Waals surface area contributed by atoms with E-state index in [1.54, 1.807) is 0 Å². The molecule has 0 fully saturated rings. The van der Waals surface area contributed by atoms with Gasteiger partial charge in [0, 0.05) is 39.1 Å². The second-order valence-electron chi connectivity index (χ2n) is 4.52. The van der Waals surface area contributed by atoms with Gasteiger partial charge in [-0.3, -0.25) is 4.79 Å². The fourth-order valence-electron chi connectivity index (χ4n) is 1.11. The predicted molar refractivity (Wildman–Crippen MR) is 50.2 cm³/mol. The maximum atomic E-state index is 10.2. The summed E-state index contributed by atoms with van der Waals surface area (Å²) in [5, 5.41) is 8.37. The maximum Gasteiger partial charge on any atom is 0.303 e. The fourth-order valence-corrected chi connectivity index (χ4v) is 1.11. The molecule has 0 unspecified atom stereocenters. The van der Waals surface area contributed by atoms with Crippen molar-refractivity contribution in [3.8, 4) is 0 Å². The van der Waals surface area contributed by atoms with Crippen LogP contribution >= 0.6 is 0 Å². The van der Waals surface area contributed by atoms with Gasteiger partial charge in [-0.05, 0) is 18.3 Å². The van der Waals surface area contributed by atoms with Gasteiger partial charge in [0.1, 0.15) is 0 Å². The van der Waals surface area contributed by atoms with Gasteiger partial charge in [-0.1, -0.05) is 33.6 Å². The van der Waals surface area contributed by atoms with Crippen molar-refractivity contribution in [3.63, 3.8) is 0 Å². The average Bonchev–Trinajstić information content (AvgIpc) is 1.83. The van der Waals surface area contributed by atoms with E-state index in [4.69, 9.17) is 5.11 Å². The average molecular weight is 261 g/mol. The van der Waals surface area contributed by atoms with Crippen molar-refractivity contribution in [2.24, 2.45) is 5.41 Å². The molecule has 0 aliphatic carbocycles. The van der Waals surface area contributed by atoms with E-state index in [2.05, 4.69) is 20.8 Å². The van der Waals surface area contributed by atoms with E-state index in [-0.39, 0.29) is 32.7 Å². The Labute approximate surface area is 106 Å². The Morgan fingerprint density at radius 1 is 1.15 bits per heavy atom. The molecule has 0 bridgehead atoms. The zero-order valence-electron chi connectivity index (χ0n) is 8.97. The minimum Gasteiger partial charge on any atom is -0.481 e. The summed E-state index contributed by atoms with van der Waals surface area (Å²) in [4.78, 5) is 10.2. The molecule has 0 amide bonds. The smallest absolute Gasteiger partial charge is 0.303 e. The first-order valence-electron chi connectivity index (χ1n) is 4.63. The maximum absolute atomic E-state index is 10.2. The van der Waals surface area contributed by atoms with E-state index in [1.165, 1.54) is 6.42 Å². The molecule has 2 nitrogen and oxygen atoms in total. The van der Waals surface area contributed by atoms with Gasteiger partial charge in [-0.25, -0.2) is 0 Å². The van der Waals surface area contributed by atoms with Crippen molar-refractivity contribution < 1.29 is 42.6 Å². The van der Waals surface area contributed by atoms with Crippen molar-refractivity contribution in [2.45, 2.75) is 52.9 Å². The van der Waals surface area contributed by atoms with Gasteiger partial charge in [-0.2, -0.15) is 0 Å². The third kappa shape index (κ3) is 15.3. The van der Waals surface area contributed by atoms with Gasteiger partial charge >= 0.3 is 5.97 Å². The number of hydrogen-bond donors (Lipinski definition) is 1. The summed E-state index contributed by atoms with van der Waals surface area (Å²) in [5.74, 6) is -0.675. The molecule has 0 aliphatic heterocycles. The Morgan fingerprint density at radius 3 is 2.08 bits per heavy atom. The second-order valence-corrected chi connectivity index (χ2v) is 4.52. The first-order valence-corrected chi connectivity index (χ1v) is 4.63. The van der Waals surface area contributed by atoms with Gasteiger partial charge in [0.05, 0.1) is 0 Å². The van der Waals surface area contributed by atoms with Gasteiger partial charge in [0.15, 0.2) is 0 Å². The van der Waals surface area contributed by atoms with Gasteiger partial charge in [-0.15, -0.1) is 0 Å². The molecule has 0 rings (SSSR count). The van der Waals surface area contributed by atoms with E-state index in [0.29, 0.717) is 11.8 Å². The summed E-state index contributed by atoms with van der Waals surface area (Å²) >= 11 is 0. The van der Waals surface area contributed by atoms with E-state index < -0.39 is 5.97 Å². The van der Waals surface area contributed by atoms with Crippen LogP contribution < -0.4 is 0 Å². The van der Waals surface area contributed by atoms with Crippen LogP contribution in [0.2, 0.25) is 0 Å². The molecule has 3 heteroatoms. The van der Waals surface area contributed by atoms with Crippen molar-refractivity contribution in [1.82, 2.24) is 0 Å². The molecule has 0 aromatic rings. The molecule has 1 N–H and O–H groups in total. The summed E-state index contributed by atoms with van der Waals surface area (Å²) in [6.07, 6.45) is 4.53. The van der Waals surface area contributed by atoms with Crippen LogP contribution in [0.4, 0.5) is 0 Å². The van der Waals surface area contributed by atoms with Crippen LogP contribution in [0, 0.1) is 5.41 Å². The number of carbonyl (C=O) groups is 1. The Bertz CT molecular complexity index is 138. The molecule has 0 heterocycles. The molecule has 1 radical (unpaired) electrons. The molecular weight excluding hydrogens is 241 g/mol. The molecule has 0 aromatic carbocycles. The third-order valence-corrected chi connectivity index (χ3v) is 1.82. The summed E-state index contributed by atoms with van der Waals surface area (Å²) in [6, 6.07) is 0. The SMILES string of the molecule is CC(C)(C)CCCCCC(=O)O.[Y]. The van der Waals surface area contributed by atoms with Crippen molar-refractivity contribution in [1.29, 1.82) is 0 Å². The predicted octanol–water partition coefficient (Wildman–Crippen LogP) is 3.07. The summed E-state index contributed by atoms with van der Waals surface area (Å²) < 4.78 is 0. The molecule has 75 valence electrons. The minimum atomic E-state index is -0.675. The molecule has 0 saturated carbocycles. The zero-order chi connectivity index (χ0) is 9.61. The zero-order valence-corrected chi connectivity index (χ0v) is 11.8. The normalized spacial score (nSPS) is 10.7. The minimum absolute atomic E-state index is 0. The Morgan fingerprint density at radius 2 is 1.69 bits per heavy atom. The summed E-state index contributed by atoms with van der Waals surface area (Å²) in [5.41, 5.74) is 0.392. The van der Waals surface area contributed by atoms with Crippen molar-refractivity contribution in [2.75, 3.05) is 0 Å². The van der Waals surface area contributed by atoms with E-state index >= 15 is 0 Å². The van der Waals surface area contributed by atoms with Gasteiger partial charge in [0.2, 0.25) is 0 Å². The molecule has 13 heavy (non-hydrogen) atoms. The van der Waals surface area contributed by atoms with Crippen LogP contribution in [0.5, 0.6) is 0 Å². The number of rotatable bonds is 5. The van der Waals surface area contributed by atoms with Crippen molar-refractivity contribution in [3.05, 3.63) is 0 Å². The molecule has 0 atom stereocenters. The molecular formula is C10H20O2Y. The molecule has 0 aliphatic rings. The summed E-state index contributed by atoms with van der Waals surface area (Å²) in [7, 11) is 0.